The number of benzene rings is 1. The highest BCUT2D eigenvalue weighted by Gasteiger charge is 2.33. The van der Waals surface area contributed by atoms with E-state index in [9.17, 15) is 9.59 Å². The molecule has 2 fully saturated rings. The number of piperidine rings is 1. The van der Waals surface area contributed by atoms with Crippen LogP contribution in [0.3, 0.4) is 0 Å². The maximum atomic E-state index is 12.9. The number of methoxy groups -OCH3 is 2. The van der Waals surface area contributed by atoms with Crippen LogP contribution in [-0.4, -0.2) is 93.9 Å². The molecule has 1 aromatic carbocycles. The van der Waals surface area contributed by atoms with Crippen LogP contribution in [0.2, 0.25) is 0 Å². The minimum Gasteiger partial charge on any atom is -0.496 e. The zero-order valence-corrected chi connectivity index (χ0v) is 19.1. The number of likely N-dealkylation sites (tertiary alicyclic amines) is 1. The summed E-state index contributed by atoms with van der Waals surface area (Å²) in [7, 11) is 3.31. The van der Waals surface area contributed by atoms with Gasteiger partial charge < -0.3 is 24.4 Å². The first kappa shape index (κ1) is 24.2. The van der Waals surface area contributed by atoms with E-state index >= 15 is 0 Å². The van der Waals surface area contributed by atoms with Crippen molar-refractivity contribution in [2.24, 2.45) is 0 Å². The Bertz CT molecular complexity index is 777. The number of ether oxygens (including phenoxy) is 3. The topological polar surface area (TPSA) is 80.3 Å². The van der Waals surface area contributed by atoms with Gasteiger partial charge in [0.15, 0.2) is 0 Å². The van der Waals surface area contributed by atoms with E-state index in [4.69, 9.17) is 14.2 Å². The first-order chi connectivity index (χ1) is 15.6. The van der Waals surface area contributed by atoms with Gasteiger partial charge in [-0.15, -0.1) is 0 Å². The highest BCUT2D eigenvalue weighted by atomic mass is 16.5. The van der Waals surface area contributed by atoms with E-state index in [2.05, 4.69) is 10.2 Å². The standard InChI is InChI=1S/C24H35N3O5/c1-30-16-17-32-20-9-13-27(14-10-20)23(28)18-21-24(29)25-11-15-26(21)12-5-7-19-6-3-4-8-22(19)31-2/h3-8,20-21H,9-18H2,1-2H3,(H,25,29)/b7-5+/t21-/m1/s1. The smallest absolute Gasteiger partial charge is 0.237 e. The Balaban J connectivity index is 1.52. The predicted molar refractivity (Wildman–Crippen MR) is 122 cm³/mol. The van der Waals surface area contributed by atoms with Crippen molar-refractivity contribution in [1.29, 1.82) is 0 Å². The first-order valence-electron chi connectivity index (χ1n) is 11.3. The van der Waals surface area contributed by atoms with E-state index in [-0.39, 0.29) is 24.3 Å². The summed E-state index contributed by atoms with van der Waals surface area (Å²) < 4.78 is 16.2. The largest absolute Gasteiger partial charge is 0.496 e. The molecule has 32 heavy (non-hydrogen) atoms. The van der Waals surface area contributed by atoms with E-state index in [1.807, 2.05) is 41.3 Å². The van der Waals surface area contributed by atoms with E-state index in [1.54, 1.807) is 14.2 Å². The second kappa shape index (κ2) is 12.6. The molecule has 0 radical (unpaired) electrons. The predicted octanol–water partition coefficient (Wildman–Crippen LogP) is 1.55. The summed E-state index contributed by atoms with van der Waals surface area (Å²) in [6.07, 6.45) is 6.03. The van der Waals surface area contributed by atoms with Crippen molar-refractivity contribution in [2.45, 2.75) is 31.4 Å². The monoisotopic (exact) mass is 445 g/mol. The van der Waals surface area contributed by atoms with Gasteiger partial charge in [0.1, 0.15) is 5.75 Å². The van der Waals surface area contributed by atoms with Crippen molar-refractivity contribution in [3.63, 3.8) is 0 Å². The molecule has 2 aliphatic heterocycles. The van der Waals surface area contributed by atoms with Gasteiger partial charge in [0, 0.05) is 45.4 Å². The van der Waals surface area contributed by atoms with Crippen molar-refractivity contribution in [1.82, 2.24) is 15.1 Å². The molecule has 8 nitrogen and oxygen atoms in total. The molecule has 8 heteroatoms. The molecule has 0 aromatic heterocycles. The zero-order valence-electron chi connectivity index (χ0n) is 19.1. The maximum absolute atomic E-state index is 12.9. The van der Waals surface area contributed by atoms with Gasteiger partial charge >= 0.3 is 0 Å². The minimum absolute atomic E-state index is 0.0288. The number of nitrogens with one attached hydrogen (secondary N) is 1. The van der Waals surface area contributed by atoms with E-state index in [1.165, 1.54) is 0 Å². The maximum Gasteiger partial charge on any atom is 0.237 e. The Morgan fingerprint density at radius 1 is 1.16 bits per heavy atom. The van der Waals surface area contributed by atoms with Crippen LogP contribution in [-0.2, 0) is 19.1 Å². The first-order valence-corrected chi connectivity index (χ1v) is 11.3. The molecule has 2 saturated heterocycles. The average molecular weight is 446 g/mol. The van der Waals surface area contributed by atoms with E-state index in [0.29, 0.717) is 39.4 Å². The van der Waals surface area contributed by atoms with Crippen LogP contribution in [0.4, 0.5) is 0 Å². The molecule has 176 valence electrons. The summed E-state index contributed by atoms with van der Waals surface area (Å²) in [5.41, 5.74) is 0.986. The van der Waals surface area contributed by atoms with Crippen molar-refractivity contribution in [2.75, 3.05) is 60.2 Å². The van der Waals surface area contributed by atoms with Crippen LogP contribution < -0.4 is 10.1 Å². The lowest BCUT2D eigenvalue weighted by Gasteiger charge is -2.36. The molecule has 2 heterocycles. The Morgan fingerprint density at radius 3 is 2.69 bits per heavy atom. The van der Waals surface area contributed by atoms with E-state index in [0.717, 1.165) is 30.7 Å². The molecule has 0 aliphatic carbocycles. The van der Waals surface area contributed by atoms with Crippen LogP contribution in [0.15, 0.2) is 30.3 Å². The van der Waals surface area contributed by atoms with Gasteiger partial charge in [-0.3, -0.25) is 14.5 Å². The Labute approximate surface area is 190 Å². The van der Waals surface area contributed by atoms with Crippen molar-refractivity contribution in [3.05, 3.63) is 35.9 Å². The zero-order chi connectivity index (χ0) is 22.8. The van der Waals surface area contributed by atoms with Crippen molar-refractivity contribution in [3.8, 4) is 5.75 Å². The van der Waals surface area contributed by atoms with Gasteiger partial charge in [-0.1, -0.05) is 30.4 Å². The molecule has 0 unspecified atom stereocenters. The number of piperazine rings is 1. The van der Waals surface area contributed by atoms with Gasteiger partial charge in [0.05, 0.1) is 38.9 Å². The molecule has 1 atom stereocenters. The molecule has 0 spiro atoms. The highest BCUT2D eigenvalue weighted by molar-refractivity contribution is 5.89. The fraction of sp³-hybridized carbons (Fsp3) is 0.583. The van der Waals surface area contributed by atoms with Crippen molar-refractivity contribution >= 4 is 17.9 Å². The third-order valence-electron chi connectivity index (χ3n) is 6.02. The summed E-state index contributed by atoms with van der Waals surface area (Å²) in [5.74, 6) is 0.760. The Kier molecular flexibility index (Phi) is 9.52. The van der Waals surface area contributed by atoms with E-state index < -0.39 is 6.04 Å². The lowest BCUT2D eigenvalue weighted by atomic mass is 10.0. The van der Waals surface area contributed by atoms with Gasteiger partial charge in [0.25, 0.3) is 0 Å². The van der Waals surface area contributed by atoms with Crippen molar-refractivity contribution < 1.29 is 23.8 Å². The normalized spacial score (nSPS) is 20.5. The molecular formula is C24H35N3O5. The number of hydrogen-bond acceptors (Lipinski definition) is 6. The van der Waals surface area contributed by atoms with Crippen LogP contribution >= 0.6 is 0 Å². The van der Waals surface area contributed by atoms with Crippen LogP contribution in [0.25, 0.3) is 6.08 Å². The van der Waals surface area contributed by atoms with Crippen LogP contribution in [0.5, 0.6) is 5.75 Å². The number of carbonyl (C=O) groups excluding carboxylic acids is 2. The van der Waals surface area contributed by atoms with Crippen LogP contribution in [0, 0.1) is 0 Å². The molecule has 1 N–H and O–H groups in total. The molecule has 0 saturated carbocycles. The highest BCUT2D eigenvalue weighted by Crippen LogP contribution is 2.20. The summed E-state index contributed by atoms with van der Waals surface area (Å²) in [4.78, 5) is 29.4. The molecule has 1 aromatic rings. The fourth-order valence-corrected chi connectivity index (χ4v) is 4.19. The third-order valence-corrected chi connectivity index (χ3v) is 6.02. The molecule has 2 aliphatic rings. The average Bonchev–Trinajstić information content (AvgIpc) is 2.82. The number of amides is 2. The summed E-state index contributed by atoms with van der Waals surface area (Å²) in [5, 5.41) is 2.91. The number of carbonyl (C=O) groups is 2. The number of hydrogen-bond donors (Lipinski definition) is 1. The van der Waals surface area contributed by atoms with Gasteiger partial charge in [-0.25, -0.2) is 0 Å². The van der Waals surface area contributed by atoms with Gasteiger partial charge in [-0.2, -0.15) is 0 Å². The Hall–Kier alpha value is -2.42. The fourth-order valence-electron chi connectivity index (χ4n) is 4.19. The molecule has 3 rings (SSSR count). The number of rotatable bonds is 10. The SMILES string of the molecule is COCCOC1CCN(C(=O)C[C@@H]2C(=O)NCCN2C/C=C/c2ccccc2OC)CC1. The molecule has 0 bridgehead atoms. The quantitative estimate of drug-likeness (QED) is 0.551. The molecule has 2 amide bonds. The second-order valence-electron chi connectivity index (χ2n) is 8.09. The lowest BCUT2D eigenvalue weighted by molar-refractivity contribution is -0.140. The third kappa shape index (κ3) is 6.79. The Morgan fingerprint density at radius 2 is 1.94 bits per heavy atom. The van der Waals surface area contributed by atoms with Gasteiger partial charge in [-0.05, 0) is 18.9 Å². The number of para-hydroxylation sites is 1. The number of nitrogens with zero attached hydrogens (tertiary/aromatic N) is 2. The summed E-state index contributed by atoms with van der Waals surface area (Å²) in [6.45, 7) is 4.40. The van der Waals surface area contributed by atoms with Crippen LogP contribution in [0.1, 0.15) is 24.8 Å². The summed E-state index contributed by atoms with van der Waals surface area (Å²) >= 11 is 0. The molecular weight excluding hydrogens is 410 g/mol. The summed E-state index contributed by atoms with van der Waals surface area (Å²) in [6, 6.07) is 7.35. The van der Waals surface area contributed by atoms with Gasteiger partial charge in [0.2, 0.25) is 11.8 Å². The minimum atomic E-state index is -0.450. The lowest BCUT2D eigenvalue weighted by Crippen LogP contribution is -2.57. The second-order valence-corrected chi connectivity index (χ2v) is 8.09.